The molecule has 0 spiro atoms. The van der Waals surface area contributed by atoms with E-state index in [-0.39, 0.29) is 17.5 Å². The lowest BCUT2D eigenvalue weighted by molar-refractivity contribution is -0.153. The Morgan fingerprint density at radius 3 is 3.08 bits per heavy atom. The molecule has 3 aliphatic rings. The minimum Gasteiger partial charge on any atom is -0.459 e. The first-order chi connectivity index (χ1) is 6.10. The van der Waals surface area contributed by atoms with Gasteiger partial charge in [0.1, 0.15) is 6.10 Å². The Morgan fingerprint density at radius 1 is 1.54 bits per heavy atom. The van der Waals surface area contributed by atoms with E-state index in [4.69, 9.17) is 4.74 Å². The smallest absolute Gasteiger partial charge is 0.312 e. The molecule has 3 fully saturated rings. The van der Waals surface area contributed by atoms with Gasteiger partial charge in [0, 0.05) is 6.42 Å². The van der Waals surface area contributed by atoms with Crippen LogP contribution in [-0.2, 0) is 9.53 Å². The Balaban J connectivity index is 1.96. The molecule has 5 unspecified atom stereocenters. The van der Waals surface area contributed by atoms with E-state index in [0.29, 0.717) is 11.8 Å². The van der Waals surface area contributed by atoms with Gasteiger partial charge in [0.2, 0.25) is 0 Å². The van der Waals surface area contributed by atoms with Crippen LogP contribution >= 0.6 is 0 Å². The number of hydrogen-bond acceptors (Lipinski definition) is 3. The van der Waals surface area contributed by atoms with Crippen LogP contribution in [0.1, 0.15) is 26.2 Å². The van der Waals surface area contributed by atoms with Crippen LogP contribution in [0.25, 0.3) is 0 Å². The highest BCUT2D eigenvalue weighted by atomic mass is 16.6. The molecule has 1 heterocycles. The average Bonchev–Trinajstić information content (AvgIpc) is 2.74. The summed E-state index contributed by atoms with van der Waals surface area (Å²) < 4.78 is 5.19. The molecular weight excluding hydrogens is 168 g/mol. The standard InChI is InChI=1S/C10H14O3/c1-10-3-5-2-6(5)8(11)7(4-10)13-9(10)12/h5-8,11H,2-4H2,1H3. The number of carbonyl (C=O) groups excluding carboxylic acids is 1. The van der Waals surface area contributed by atoms with E-state index in [0.717, 1.165) is 19.3 Å². The first-order valence-electron chi connectivity index (χ1n) is 4.99. The maximum Gasteiger partial charge on any atom is 0.312 e. The normalized spacial score (nSPS) is 58.2. The third kappa shape index (κ3) is 0.909. The molecule has 1 aliphatic heterocycles. The van der Waals surface area contributed by atoms with E-state index in [1.165, 1.54) is 0 Å². The predicted octanol–water partition coefficient (Wildman–Crippen LogP) is 0.709. The SMILES string of the molecule is CC12CC3CC3C(O)C(C1)OC2=O. The second-order valence-electron chi connectivity index (χ2n) is 5.06. The van der Waals surface area contributed by atoms with Crippen molar-refractivity contribution in [1.29, 1.82) is 0 Å². The molecule has 1 saturated heterocycles. The summed E-state index contributed by atoms with van der Waals surface area (Å²) in [7, 11) is 0. The van der Waals surface area contributed by atoms with Gasteiger partial charge in [0.15, 0.2) is 0 Å². The number of fused-ring (bicyclic) bond motifs is 3. The van der Waals surface area contributed by atoms with Gasteiger partial charge in [-0.05, 0) is 31.6 Å². The number of carbonyl (C=O) groups is 1. The van der Waals surface area contributed by atoms with Crippen LogP contribution in [0.5, 0.6) is 0 Å². The zero-order valence-corrected chi connectivity index (χ0v) is 7.69. The third-order valence-corrected chi connectivity index (χ3v) is 3.91. The lowest BCUT2D eigenvalue weighted by Crippen LogP contribution is -2.28. The zero-order chi connectivity index (χ0) is 9.22. The summed E-state index contributed by atoms with van der Waals surface area (Å²) in [4.78, 5) is 11.5. The van der Waals surface area contributed by atoms with E-state index >= 15 is 0 Å². The highest BCUT2D eigenvalue weighted by molar-refractivity contribution is 5.79. The van der Waals surface area contributed by atoms with Crippen LogP contribution in [0.4, 0.5) is 0 Å². The van der Waals surface area contributed by atoms with E-state index in [1.807, 2.05) is 6.92 Å². The summed E-state index contributed by atoms with van der Waals surface area (Å²) in [5.74, 6) is 0.902. The molecular formula is C10H14O3. The molecule has 1 N–H and O–H groups in total. The molecule has 0 aromatic carbocycles. The van der Waals surface area contributed by atoms with Crippen molar-refractivity contribution in [2.24, 2.45) is 17.3 Å². The largest absolute Gasteiger partial charge is 0.459 e. The second-order valence-corrected chi connectivity index (χ2v) is 5.06. The Morgan fingerprint density at radius 2 is 2.31 bits per heavy atom. The van der Waals surface area contributed by atoms with Crippen molar-refractivity contribution in [3.05, 3.63) is 0 Å². The van der Waals surface area contributed by atoms with Crippen molar-refractivity contribution in [2.45, 2.75) is 38.4 Å². The maximum absolute atomic E-state index is 11.5. The molecule has 13 heavy (non-hydrogen) atoms. The summed E-state index contributed by atoms with van der Waals surface area (Å²) in [6.07, 6.45) is 2.13. The molecule has 2 bridgehead atoms. The van der Waals surface area contributed by atoms with E-state index in [1.54, 1.807) is 0 Å². The molecule has 0 amide bonds. The molecule has 0 aromatic heterocycles. The molecule has 3 rings (SSSR count). The number of hydrogen-bond donors (Lipinski definition) is 1. The Labute approximate surface area is 77.1 Å². The minimum atomic E-state index is -0.390. The molecule has 0 aromatic rings. The van der Waals surface area contributed by atoms with Crippen LogP contribution in [0.3, 0.4) is 0 Å². The predicted molar refractivity (Wildman–Crippen MR) is 44.8 cm³/mol. The third-order valence-electron chi connectivity index (χ3n) is 3.91. The van der Waals surface area contributed by atoms with Crippen LogP contribution in [-0.4, -0.2) is 23.3 Å². The summed E-state index contributed by atoms with van der Waals surface area (Å²) in [5.41, 5.74) is -0.290. The first kappa shape index (κ1) is 7.80. The zero-order valence-electron chi connectivity index (χ0n) is 7.69. The molecule has 5 atom stereocenters. The number of ether oxygens (including phenoxy) is 1. The summed E-state index contributed by atoms with van der Waals surface area (Å²) >= 11 is 0. The highest BCUT2D eigenvalue weighted by Gasteiger charge is 2.59. The molecule has 72 valence electrons. The van der Waals surface area contributed by atoms with E-state index < -0.39 is 6.10 Å². The lowest BCUT2D eigenvalue weighted by Gasteiger charge is -2.17. The Hall–Kier alpha value is -0.570. The van der Waals surface area contributed by atoms with Crippen LogP contribution in [0, 0.1) is 17.3 Å². The molecule has 2 aliphatic carbocycles. The summed E-state index contributed by atoms with van der Waals surface area (Å²) in [6, 6.07) is 0. The van der Waals surface area contributed by atoms with Gasteiger partial charge in [0.25, 0.3) is 0 Å². The molecule has 3 nitrogen and oxygen atoms in total. The fourth-order valence-electron chi connectivity index (χ4n) is 2.98. The fourth-order valence-corrected chi connectivity index (χ4v) is 2.98. The van der Waals surface area contributed by atoms with Crippen LogP contribution in [0.2, 0.25) is 0 Å². The first-order valence-corrected chi connectivity index (χ1v) is 4.99. The van der Waals surface area contributed by atoms with Crippen molar-refractivity contribution < 1.29 is 14.6 Å². The summed E-state index contributed by atoms with van der Waals surface area (Å²) in [6.45, 7) is 1.97. The van der Waals surface area contributed by atoms with E-state index in [9.17, 15) is 9.90 Å². The average molecular weight is 182 g/mol. The number of rotatable bonds is 0. The quantitative estimate of drug-likeness (QED) is 0.561. The van der Waals surface area contributed by atoms with E-state index in [2.05, 4.69) is 0 Å². The second kappa shape index (κ2) is 2.08. The number of esters is 1. The maximum atomic E-state index is 11.5. The van der Waals surface area contributed by atoms with Gasteiger partial charge in [-0.2, -0.15) is 0 Å². The minimum absolute atomic E-state index is 0.0955. The van der Waals surface area contributed by atoms with Crippen LogP contribution < -0.4 is 0 Å². The van der Waals surface area contributed by atoms with Crippen LogP contribution in [0.15, 0.2) is 0 Å². The van der Waals surface area contributed by atoms with Crippen molar-refractivity contribution >= 4 is 5.97 Å². The Kier molecular flexibility index (Phi) is 1.25. The fraction of sp³-hybridized carbons (Fsp3) is 0.900. The molecule has 2 saturated carbocycles. The van der Waals surface area contributed by atoms with Gasteiger partial charge >= 0.3 is 5.97 Å². The van der Waals surface area contributed by atoms with Gasteiger partial charge in [-0.3, -0.25) is 4.79 Å². The topological polar surface area (TPSA) is 46.5 Å². The lowest BCUT2D eigenvalue weighted by atomic mass is 9.83. The van der Waals surface area contributed by atoms with Crippen molar-refractivity contribution in [2.75, 3.05) is 0 Å². The summed E-state index contributed by atoms with van der Waals surface area (Å²) in [5, 5.41) is 9.84. The highest BCUT2D eigenvalue weighted by Crippen LogP contribution is 2.57. The molecule has 0 radical (unpaired) electrons. The number of aliphatic hydroxyl groups excluding tert-OH is 1. The van der Waals surface area contributed by atoms with Crippen molar-refractivity contribution in [3.8, 4) is 0 Å². The Bertz CT molecular complexity index is 271. The molecule has 3 heteroatoms. The monoisotopic (exact) mass is 182 g/mol. The van der Waals surface area contributed by atoms with Gasteiger partial charge in [-0.1, -0.05) is 0 Å². The number of aliphatic hydroxyl groups is 1. The van der Waals surface area contributed by atoms with Crippen molar-refractivity contribution in [1.82, 2.24) is 0 Å². The van der Waals surface area contributed by atoms with Crippen molar-refractivity contribution in [3.63, 3.8) is 0 Å². The van der Waals surface area contributed by atoms with Gasteiger partial charge < -0.3 is 9.84 Å². The van der Waals surface area contributed by atoms with Gasteiger partial charge in [-0.25, -0.2) is 0 Å². The van der Waals surface area contributed by atoms with Gasteiger partial charge in [0.05, 0.1) is 11.5 Å². The van der Waals surface area contributed by atoms with Gasteiger partial charge in [-0.15, -0.1) is 0 Å².